The number of aliphatic hydroxyl groups is 2. The van der Waals surface area contributed by atoms with E-state index in [4.69, 9.17) is 21.9 Å². The molecule has 0 bridgehead atoms. The first-order chi connectivity index (χ1) is 15.2. The Balaban J connectivity index is 1.78. The molecule has 0 amide bonds. The third-order valence-electron chi connectivity index (χ3n) is 5.04. The second kappa shape index (κ2) is 9.71. The van der Waals surface area contributed by atoms with Crippen LogP contribution in [0.2, 0.25) is 0 Å². The molecule has 2 heterocycles. The van der Waals surface area contributed by atoms with Gasteiger partial charge in [-0.15, -0.1) is 0 Å². The van der Waals surface area contributed by atoms with Crippen LogP contribution in [0.4, 0.5) is 11.5 Å². The number of nitrogens with two attached hydrogens (primary N) is 2. The van der Waals surface area contributed by atoms with Crippen LogP contribution in [0.15, 0.2) is 60.6 Å². The van der Waals surface area contributed by atoms with Gasteiger partial charge in [-0.2, -0.15) is 0 Å². The van der Waals surface area contributed by atoms with Crippen molar-refractivity contribution in [3.63, 3.8) is 0 Å². The van der Waals surface area contributed by atoms with Gasteiger partial charge < -0.3 is 37.3 Å². The molecule has 0 aliphatic rings. The number of imidazole rings is 1. The van der Waals surface area contributed by atoms with E-state index in [1.807, 2.05) is 58.0 Å². The van der Waals surface area contributed by atoms with Crippen molar-refractivity contribution < 1.29 is 10.2 Å². The average molecular weight is 438 g/mol. The third kappa shape index (κ3) is 5.57. The lowest BCUT2D eigenvalue weighted by atomic mass is 10.0. The second-order valence-electron chi connectivity index (χ2n) is 8.07. The predicted octanol–water partition coefficient (Wildman–Crippen LogP) is 1.56. The molecule has 0 fully saturated rings. The lowest BCUT2D eigenvalue weighted by Crippen LogP contribution is -2.37. The van der Waals surface area contributed by atoms with Gasteiger partial charge in [0.15, 0.2) is 0 Å². The van der Waals surface area contributed by atoms with E-state index < -0.39 is 5.60 Å². The smallest absolute Gasteiger partial charge is 0.139 e. The van der Waals surface area contributed by atoms with Crippen molar-refractivity contribution in [2.24, 2.45) is 5.73 Å². The third-order valence-corrected chi connectivity index (χ3v) is 5.04. The summed E-state index contributed by atoms with van der Waals surface area (Å²) in [6.07, 6.45) is 3.37. The second-order valence-corrected chi connectivity index (χ2v) is 8.07. The molecule has 0 aliphatic heterocycles. The van der Waals surface area contributed by atoms with Crippen molar-refractivity contribution in [2.75, 3.05) is 36.9 Å². The lowest BCUT2D eigenvalue weighted by Gasteiger charge is -2.25. The van der Waals surface area contributed by atoms with Crippen LogP contribution < -0.4 is 21.7 Å². The highest BCUT2D eigenvalue weighted by molar-refractivity contribution is 5.98. The molecule has 0 spiro atoms. The summed E-state index contributed by atoms with van der Waals surface area (Å²) < 4.78 is 1.99. The summed E-state index contributed by atoms with van der Waals surface area (Å²) in [6.45, 7) is 4.53. The maximum atomic E-state index is 9.86. The number of hydrogen-bond donors (Lipinski definition) is 6. The van der Waals surface area contributed by atoms with Crippen molar-refractivity contribution in [3.8, 4) is 11.3 Å². The molecule has 0 unspecified atom stereocenters. The molecule has 170 valence electrons. The molecule has 0 saturated heterocycles. The van der Waals surface area contributed by atoms with Crippen LogP contribution in [0.1, 0.15) is 13.8 Å². The maximum Gasteiger partial charge on any atom is 0.139 e. The monoisotopic (exact) mass is 437 g/mol. The topological polar surface area (TPSA) is 149 Å². The number of nitrogens with zero attached hydrogens (tertiary/aromatic N) is 3. The molecule has 0 atom stereocenters. The molecule has 0 aliphatic carbocycles. The number of rotatable bonds is 10. The quantitative estimate of drug-likeness (QED) is 0.208. The molecule has 3 rings (SSSR count). The van der Waals surface area contributed by atoms with Crippen molar-refractivity contribution in [3.05, 3.63) is 60.6 Å². The zero-order chi connectivity index (χ0) is 23.3. The summed E-state index contributed by atoms with van der Waals surface area (Å²) in [7, 11) is 0. The first-order valence-electron chi connectivity index (χ1n) is 10.4. The van der Waals surface area contributed by atoms with Crippen LogP contribution in [-0.4, -0.2) is 57.2 Å². The number of hydrogen-bond acceptors (Lipinski definition) is 8. The van der Waals surface area contributed by atoms with Crippen LogP contribution in [0.3, 0.4) is 0 Å². The molecule has 0 radical (unpaired) electrons. The van der Waals surface area contributed by atoms with E-state index in [0.717, 1.165) is 22.7 Å². The molecule has 32 heavy (non-hydrogen) atoms. The summed E-state index contributed by atoms with van der Waals surface area (Å²) in [6, 6.07) is 13.4. The fourth-order valence-electron chi connectivity index (χ4n) is 3.23. The van der Waals surface area contributed by atoms with Gasteiger partial charge in [0.05, 0.1) is 23.8 Å². The first kappa shape index (κ1) is 23.1. The molecule has 0 saturated carbocycles. The van der Waals surface area contributed by atoms with Crippen molar-refractivity contribution in [2.45, 2.75) is 19.4 Å². The zero-order valence-electron chi connectivity index (χ0n) is 18.4. The van der Waals surface area contributed by atoms with E-state index in [-0.39, 0.29) is 12.3 Å². The number of benzene rings is 1. The van der Waals surface area contributed by atoms with Crippen molar-refractivity contribution in [1.29, 1.82) is 5.41 Å². The maximum absolute atomic E-state index is 9.86. The average Bonchev–Trinajstić information content (AvgIpc) is 3.17. The normalized spacial score (nSPS) is 12.2. The Morgan fingerprint density at radius 3 is 2.59 bits per heavy atom. The van der Waals surface area contributed by atoms with Gasteiger partial charge in [0.2, 0.25) is 0 Å². The number of nitrogen functional groups attached to an aromatic ring is 1. The molecular formula is C23H31N7O2. The number of aliphatic hydroxyl groups excluding tert-OH is 1. The zero-order valence-corrected chi connectivity index (χ0v) is 18.4. The van der Waals surface area contributed by atoms with Crippen LogP contribution in [0, 0.1) is 5.41 Å². The van der Waals surface area contributed by atoms with Gasteiger partial charge in [-0.05, 0) is 38.1 Å². The summed E-state index contributed by atoms with van der Waals surface area (Å²) in [4.78, 5) is 6.75. The van der Waals surface area contributed by atoms with Crippen LogP contribution in [-0.2, 0) is 0 Å². The summed E-state index contributed by atoms with van der Waals surface area (Å²) in [5.74, 6) is 1.19. The van der Waals surface area contributed by atoms with E-state index in [1.54, 1.807) is 0 Å². The number of fused-ring (bicyclic) bond motifs is 1. The van der Waals surface area contributed by atoms with E-state index in [0.29, 0.717) is 31.1 Å². The molecule has 1 aromatic carbocycles. The van der Waals surface area contributed by atoms with Crippen LogP contribution >= 0.6 is 0 Å². The molecular weight excluding hydrogens is 406 g/mol. The van der Waals surface area contributed by atoms with E-state index in [1.165, 1.54) is 19.9 Å². The number of nitrogens with one attached hydrogen (secondary N) is 2. The van der Waals surface area contributed by atoms with Crippen molar-refractivity contribution in [1.82, 2.24) is 14.7 Å². The van der Waals surface area contributed by atoms with Crippen molar-refractivity contribution >= 4 is 22.9 Å². The van der Waals surface area contributed by atoms with E-state index >= 15 is 0 Å². The van der Waals surface area contributed by atoms with Gasteiger partial charge in [-0.25, -0.2) is 4.98 Å². The predicted molar refractivity (Wildman–Crippen MR) is 129 cm³/mol. The van der Waals surface area contributed by atoms with Gasteiger partial charge in [-0.3, -0.25) is 4.40 Å². The Morgan fingerprint density at radius 2 is 1.94 bits per heavy atom. The molecule has 2 aromatic heterocycles. The standard InChI is InChI=1S/C23H31N7O2/c1-23(2,32)19(25)14-20(26)27-10-11-29(12-13-31)22-5-3-4-21-28-18(15-30(21)22)16-6-8-17(24)9-7-16/h3-9,14-15,25,27,31-32H,10-13,24,26H2,1-2H3/b20-14-,25-19?. The van der Waals surface area contributed by atoms with Gasteiger partial charge in [0.1, 0.15) is 17.1 Å². The SMILES string of the molecule is CC(C)(O)C(=N)/C=C(/N)NCCN(CCO)c1cccc2nc(-c3ccc(N)cc3)cn12. The van der Waals surface area contributed by atoms with Gasteiger partial charge >= 0.3 is 0 Å². The largest absolute Gasteiger partial charge is 0.399 e. The Bertz CT molecular complexity index is 1100. The molecule has 9 heteroatoms. The van der Waals surface area contributed by atoms with Crippen LogP contribution in [0.25, 0.3) is 16.9 Å². The summed E-state index contributed by atoms with van der Waals surface area (Å²) >= 11 is 0. The molecule has 3 aromatic rings. The Hall–Kier alpha value is -3.56. The van der Waals surface area contributed by atoms with Gasteiger partial charge in [0.25, 0.3) is 0 Å². The highest BCUT2D eigenvalue weighted by Crippen LogP contribution is 2.24. The van der Waals surface area contributed by atoms with E-state index in [2.05, 4.69) is 5.32 Å². The Kier molecular flexibility index (Phi) is 7.01. The highest BCUT2D eigenvalue weighted by Gasteiger charge is 2.18. The van der Waals surface area contributed by atoms with Gasteiger partial charge in [0, 0.05) is 43.2 Å². The van der Waals surface area contributed by atoms with Gasteiger partial charge in [-0.1, -0.05) is 18.2 Å². The highest BCUT2D eigenvalue weighted by atomic mass is 16.3. The molecule has 8 N–H and O–H groups in total. The number of aromatic nitrogens is 2. The molecule has 9 nitrogen and oxygen atoms in total. The Labute approximate surface area is 187 Å². The fraction of sp³-hybridized carbons (Fsp3) is 0.304. The Morgan fingerprint density at radius 1 is 1.22 bits per heavy atom. The minimum Gasteiger partial charge on any atom is -0.399 e. The summed E-state index contributed by atoms with van der Waals surface area (Å²) in [5.41, 5.74) is 13.8. The van der Waals surface area contributed by atoms with E-state index in [9.17, 15) is 10.2 Å². The minimum absolute atomic E-state index is 0.00935. The minimum atomic E-state index is -1.26. The first-order valence-corrected chi connectivity index (χ1v) is 10.4. The summed E-state index contributed by atoms with van der Waals surface area (Å²) in [5, 5.41) is 30.4. The number of anilines is 2. The van der Waals surface area contributed by atoms with Crippen LogP contribution in [0.5, 0.6) is 0 Å². The number of pyridine rings is 1. The lowest BCUT2D eigenvalue weighted by molar-refractivity contribution is 0.154. The fourth-order valence-corrected chi connectivity index (χ4v) is 3.23.